The first-order chi connectivity index (χ1) is 16.3. The van der Waals surface area contributed by atoms with Crippen molar-refractivity contribution in [1.29, 1.82) is 0 Å². The fraction of sp³-hybridized carbons (Fsp3) is 0.875. The summed E-state index contributed by atoms with van der Waals surface area (Å²) in [6.07, 6.45) is -9.21. The van der Waals surface area contributed by atoms with Gasteiger partial charge in [0.2, 0.25) is 0 Å². The summed E-state index contributed by atoms with van der Waals surface area (Å²) >= 11 is 0. The Morgan fingerprint density at radius 3 is 2.34 bits per heavy atom. The maximum atomic E-state index is 11.9. The number of hydrogen-bond donors (Lipinski definition) is 6. The number of aliphatic hydroxyl groups excluding tert-OH is 6. The highest BCUT2D eigenvalue weighted by atomic mass is 16.7. The molecule has 11 atom stereocenters. The molecule has 1 aliphatic carbocycles. The van der Waals surface area contributed by atoms with Gasteiger partial charge in [-0.15, -0.1) is 0 Å². The van der Waals surface area contributed by atoms with Gasteiger partial charge in [0.05, 0.1) is 19.3 Å². The molecule has 0 spiro atoms. The fourth-order valence-electron chi connectivity index (χ4n) is 5.19. The molecular weight excluding hydrogens is 464 g/mol. The summed E-state index contributed by atoms with van der Waals surface area (Å²) in [7, 11) is 0. The standard InChI is InChI=1S/C24H40O11/c1-11-7-13(25)8-24(3,4)14(11)6-5-12(2)34-23-21(31)19(29)18(28)16(35-23)10-33-22-20(30)17(27)15(26)9-32-22/h7,12,14-23,26-31H,5-6,8-10H2,1-4H3/t12-,14-,15-,16+,17-,18+,19-,20+,21+,22-,23+/m0/s1. The summed E-state index contributed by atoms with van der Waals surface area (Å²) < 4.78 is 22.1. The van der Waals surface area contributed by atoms with Crippen LogP contribution in [-0.2, 0) is 23.7 Å². The van der Waals surface area contributed by atoms with Crippen molar-refractivity contribution in [2.45, 2.75) is 108 Å². The summed E-state index contributed by atoms with van der Waals surface area (Å²) in [5.74, 6) is 0.331. The number of aliphatic hydroxyl groups is 6. The number of carbonyl (C=O) groups is 1. The van der Waals surface area contributed by atoms with Crippen LogP contribution in [-0.4, -0.2) is 111 Å². The zero-order chi connectivity index (χ0) is 26.1. The van der Waals surface area contributed by atoms with Crippen molar-refractivity contribution in [3.05, 3.63) is 11.6 Å². The van der Waals surface area contributed by atoms with Crippen molar-refractivity contribution in [3.63, 3.8) is 0 Å². The molecule has 35 heavy (non-hydrogen) atoms. The van der Waals surface area contributed by atoms with Crippen molar-refractivity contribution < 1.29 is 54.4 Å². The first-order valence-corrected chi connectivity index (χ1v) is 12.2. The fourth-order valence-corrected chi connectivity index (χ4v) is 5.19. The van der Waals surface area contributed by atoms with Gasteiger partial charge < -0.3 is 49.6 Å². The third-order valence-electron chi connectivity index (χ3n) is 7.29. The molecule has 202 valence electrons. The third kappa shape index (κ3) is 6.67. The van der Waals surface area contributed by atoms with Gasteiger partial charge in [-0.2, -0.15) is 0 Å². The molecule has 0 saturated carbocycles. The zero-order valence-electron chi connectivity index (χ0n) is 20.7. The molecule has 3 rings (SSSR count). The average Bonchev–Trinajstić information content (AvgIpc) is 2.76. The molecule has 11 nitrogen and oxygen atoms in total. The molecular formula is C24H40O11. The van der Waals surface area contributed by atoms with Crippen molar-refractivity contribution in [2.24, 2.45) is 11.3 Å². The van der Waals surface area contributed by atoms with Gasteiger partial charge in [0.1, 0.15) is 42.7 Å². The Hall–Kier alpha value is -0.990. The second-order valence-corrected chi connectivity index (χ2v) is 10.7. The van der Waals surface area contributed by atoms with Gasteiger partial charge in [-0.1, -0.05) is 19.4 Å². The van der Waals surface area contributed by atoms with Gasteiger partial charge in [0, 0.05) is 6.42 Å². The lowest BCUT2D eigenvalue weighted by Gasteiger charge is -2.42. The van der Waals surface area contributed by atoms with Gasteiger partial charge in [-0.3, -0.25) is 4.79 Å². The monoisotopic (exact) mass is 504 g/mol. The zero-order valence-corrected chi connectivity index (χ0v) is 20.7. The first kappa shape index (κ1) is 28.6. The number of carbonyl (C=O) groups excluding carboxylic acids is 1. The Bertz CT molecular complexity index is 756. The predicted octanol–water partition coefficient (Wildman–Crippen LogP) is -1.00. The average molecular weight is 505 g/mol. The van der Waals surface area contributed by atoms with E-state index in [1.807, 2.05) is 13.8 Å². The molecule has 11 heteroatoms. The lowest BCUT2D eigenvalue weighted by atomic mass is 9.66. The number of ether oxygens (including phenoxy) is 4. The van der Waals surface area contributed by atoms with Crippen LogP contribution >= 0.6 is 0 Å². The van der Waals surface area contributed by atoms with Gasteiger partial charge >= 0.3 is 0 Å². The van der Waals surface area contributed by atoms with Gasteiger partial charge in [0.25, 0.3) is 0 Å². The Kier molecular flexibility index (Phi) is 9.47. The van der Waals surface area contributed by atoms with E-state index in [2.05, 4.69) is 13.8 Å². The van der Waals surface area contributed by atoms with Crippen molar-refractivity contribution >= 4 is 5.78 Å². The molecule has 2 aliphatic heterocycles. The van der Waals surface area contributed by atoms with E-state index >= 15 is 0 Å². The van der Waals surface area contributed by atoms with Gasteiger partial charge in [-0.25, -0.2) is 0 Å². The Morgan fingerprint density at radius 1 is 1.03 bits per heavy atom. The quantitative estimate of drug-likeness (QED) is 0.239. The topological polar surface area (TPSA) is 175 Å². The predicted molar refractivity (Wildman–Crippen MR) is 121 cm³/mol. The van der Waals surface area contributed by atoms with E-state index in [9.17, 15) is 35.4 Å². The smallest absolute Gasteiger partial charge is 0.186 e. The number of ketones is 1. The minimum Gasteiger partial charge on any atom is -0.388 e. The molecule has 6 N–H and O–H groups in total. The van der Waals surface area contributed by atoms with Crippen LogP contribution in [0.5, 0.6) is 0 Å². The Labute approximate surface area is 205 Å². The minimum atomic E-state index is -1.56. The molecule has 3 aliphatic rings. The number of allylic oxidation sites excluding steroid dienone is 2. The summed E-state index contributed by atoms with van der Waals surface area (Å²) in [5.41, 5.74) is 0.863. The first-order valence-electron chi connectivity index (χ1n) is 12.2. The van der Waals surface area contributed by atoms with Gasteiger partial charge in [-0.05, 0) is 44.1 Å². The highest BCUT2D eigenvalue weighted by Gasteiger charge is 2.46. The maximum absolute atomic E-state index is 11.9. The summed E-state index contributed by atoms with van der Waals surface area (Å²) in [6, 6.07) is 0. The van der Waals surface area contributed by atoms with Crippen molar-refractivity contribution in [3.8, 4) is 0 Å². The van der Waals surface area contributed by atoms with Crippen LogP contribution in [0.1, 0.15) is 47.0 Å². The largest absolute Gasteiger partial charge is 0.388 e. The minimum absolute atomic E-state index is 0.129. The maximum Gasteiger partial charge on any atom is 0.186 e. The molecule has 0 radical (unpaired) electrons. The Morgan fingerprint density at radius 2 is 1.69 bits per heavy atom. The van der Waals surface area contributed by atoms with E-state index in [-0.39, 0.29) is 36.4 Å². The highest BCUT2D eigenvalue weighted by molar-refractivity contribution is 5.91. The molecule has 0 unspecified atom stereocenters. The molecule has 0 bridgehead atoms. The molecule has 0 aromatic carbocycles. The van der Waals surface area contributed by atoms with E-state index < -0.39 is 55.3 Å². The van der Waals surface area contributed by atoms with Crippen molar-refractivity contribution in [2.75, 3.05) is 13.2 Å². The van der Waals surface area contributed by atoms with Crippen LogP contribution < -0.4 is 0 Å². The lowest BCUT2D eigenvalue weighted by molar-refractivity contribution is -0.327. The normalized spacial score (nSPS) is 43.0. The Balaban J connectivity index is 1.55. The third-order valence-corrected chi connectivity index (χ3v) is 7.29. The lowest BCUT2D eigenvalue weighted by Crippen LogP contribution is -2.60. The van der Waals surface area contributed by atoms with Crippen LogP contribution in [0.4, 0.5) is 0 Å². The van der Waals surface area contributed by atoms with Crippen LogP contribution in [0, 0.1) is 11.3 Å². The van der Waals surface area contributed by atoms with E-state index in [4.69, 9.17) is 18.9 Å². The van der Waals surface area contributed by atoms with E-state index in [0.29, 0.717) is 12.8 Å². The SMILES string of the molecule is CC1=CC(=O)CC(C)(C)[C@H]1CC[C@H](C)O[C@@H]1O[C@H](CO[C@@H]2OC[C@H](O)[C@H](O)[C@H]2O)[C@@H](O)[C@H](O)[C@H]1O. The summed E-state index contributed by atoms with van der Waals surface area (Å²) in [5, 5.41) is 60.4. The van der Waals surface area contributed by atoms with E-state index in [1.165, 1.54) is 0 Å². The highest BCUT2D eigenvalue weighted by Crippen LogP contribution is 2.42. The van der Waals surface area contributed by atoms with E-state index in [0.717, 1.165) is 12.0 Å². The summed E-state index contributed by atoms with van der Waals surface area (Å²) in [4.78, 5) is 11.9. The molecule has 0 aromatic heterocycles. The second-order valence-electron chi connectivity index (χ2n) is 10.7. The number of hydrogen-bond acceptors (Lipinski definition) is 11. The molecule has 0 aromatic rings. The molecule has 2 fully saturated rings. The van der Waals surface area contributed by atoms with Crippen molar-refractivity contribution in [1.82, 2.24) is 0 Å². The van der Waals surface area contributed by atoms with Crippen LogP contribution in [0.25, 0.3) is 0 Å². The summed E-state index contributed by atoms with van der Waals surface area (Å²) in [6.45, 7) is 7.33. The van der Waals surface area contributed by atoms with Crippen LogP contribution in [0.3, 0.4) is 0 Å². The number of rotatable bonds is 8. The molecule has 2 heterocycles. The van der Waals surface area contributed by atoms with E-state index in [1.54, 1.807) is 6.08 Å². The van der Waals surface area contributed by atoms with Gasteiger partial charge in [0.15, 0.2) is 18.4 Å². The van der Waals surface area contributed by atoms with Crippen LogP contribution in [0.2, 0.25) is 0 Å². The molecule has 2 saturated heterocycles. The second kappa shape index (κ2) is 11.6. The van der Waals surface area contributed by atoms with Crippen LogP contribution in [0.15, 0.2) is 11.6 Å². The molecule has 0 amide bonds.